The molecule has 0 saturated carbocycles. The average Bonchev–Trinajstić information content (AvgIpc) is 3.03. The Morgan fingerprint density at radius 1 is 0.812 bits per heavy atom. The molecule has 32 heavy (non-hydrogen) atoms. The van der Waals surface area contributed by atoms with Gasteiger partial charge >= 0.3 is 6.03 Å². The van der Waals surface area contributed by atoms with E-state index in [2.05, 4.69) is 5.32 Å². The molecule has 1 aliphatic rings. The number of hydrogen-bond donors (Lipinski definition) is 1. The average molecular weight is 427 g/mol. The molecule has 0 aliphatic carbocycles. The lowest BCUT2D eigenvalue weighted by Gasteiger charge is -2.19. The maximum atomic E-state index is 12.8. The van der Waals surface area contributed by atoms with E-state index in [0.29, 0.717) is 22.5 Å². The second kappa shape index (κ2) is 8.85. The standard InChI is InChI=1S/C25H21N3O4/c1-17-24(31)27(25(32)28(17)21-10-6-3-7-11-21)16-22(29)18-12-14-20(15-13-18)26-23(30)19-8-4-2-5-9-19/h2-15,17H,16H2,1H3,(H,26,30). The molecule has 1 aliphatic heterocycles. The molecule has 160 valence electrons. The van der Waals surface area contributed by atoms with Gasteiger partial charge < -0.3 is 5.32 Å². The minimum atomic E-state index is -0.687. The summed E-state index contributed by atoms with van der Waals surface area (Å²) in [6, 6.07) is 22.8. The van der Waals surface area contributed by atoms with Crippen LogP contribution in [0.4, 0.5) is 16.2 Å². The van der Waals surface area contributed by atoms with Crippen LogP contribution in [0.1, 0.15) is 27.6 Å². The minimum Gasteiger partial charge on any atom is -0.322 e. The van der Waals surface area contributed by atoms with Gasteiger partial charge in [0.1, 0.15) is 6.04 Å². The molecular weight excluding hydrogens is 406 g/mol. The van der Waals surface area contributed by atoms with Crippen LogP contribution >= 0.6 is 0 Å². The number of carbonyl (C=O) groups is 4. The van der Waals surface area contributed by atoms with Crippen LogP contribution in [0.3, 0.4) is 0 Å². The van der Waals surface area contributed by atoms with Gasteiger partial charge in [-0.1, -0.05) is 36.4 Å². The van der Waals surface area contributed by atoms with Gasteiger partial charge in [0.05, 0.1) is 6.54 Å². The van der Waals surface area contributed by atoms with E-state index in [1.807, 2.05) is 12.1 Å². The number of ketones is 1. The summed E-state index contributed by atoms with van der Waals surface area (Å²) in [5, 5.41) is 2.77. The van der Waals surface area contributed by atoms with Crippen LogP contribution in [-0.4, -0.2) is 41.1 Å². The van der Waals surface area contributed by atoms with Crippen molar-refractivity contribution in [2.75, 3.05) is 16.8 Å². The first kappa shape index (κ1) is 21.0. The maximum Gasteiger partial charge on any atom is 0.332 e. The van der Waals surface area contributed by atoms with Crippen molar-refractivity contribution in [3.8, 4) is 0 Å². The van der Waals surface area contributed by atoms with Crippen molar-refractivity contribution in [2.45, 2.75) is 13.0 Å². The van der Waals surface area contributed by atoms with Crippen LogP contribution in [-0.2, 0) is 4.79 Å². The number of urea groups is 1. The monoisotopic (exact) mass is 427 g/mol. The lowest BCUT2D eigenvalue weighted by atomic mass is 10.1. The molecule has 7 heteroatoms. The predicted octanol–water partition coefficient (Wildman–Crippen LogP) is 3.98. The molecule has 0 bridgehead atoms. The SMILES string of the molecule is CC1C(=O)N(CC(=O)c2ccc(NC(=O)c3ccccc3)cc2)C(=O)N1c1ccccc1. The van der Waals surface area contributed by atoms with Gasteiger partial charge in [-0.3, -0.25) is 24.2 Å². The van der Waals surface area contributed by atoms with Crippen molar-refractivity contribution in [1.29, 1.82) is 0 Å². The molecule has 1 N–H and O–H groups in total. The number of amides is 4. The highest BCUT2D eigenvalue weighted by molar-refractivity contribution is 6.16. The van der Waals surface area contributed by atoms with Crippen molar-refractivity contribution in [3.63, 3.8) is 0 Å². The van der Waals surface area contributed by atoms with E-state index < -0.39 is 18.0 Å². The number of hydrogen-bond acceptors (Lipinski definition) is 4. The molecule has 0 aromatic heterocycles. The zero-order chi connectivity index (χ0) is 22.7. The van der Waals surface area contributed by atoms with E-state index >= 15 is 0 Å². The molecule has 0 spiro atoms. The Labute approximate surface area is 185 Å². The molecule has 3 aromatic carbocycles. The summed E-state index contributed by atoms with van der Waals surface area (Å²) < 4.78 is 0. The minimum absolute atomic E-state index is 0.257. The van der Waals surface area contributed by atoms with E-state index in [1.54, 1.807) is 79.7 Å². The van der Waals surface area contributed by atoms with Crippen molar-refractivity contribution >= 4 is 35.0 Å². The predicted molar refractivity (Wildman–Crippen MR) is 121 cm³/mol. The fraction of sp³-hybridized carbons (Fsp3) is 0.120. The highest BCUT2D eigenvalue weighted by Crippen LogP contribution is 2.25. The fourth-order valence-corrected chi connectivity index (χ4v) is 3.56. The number of nitrogens with zero attached hydrogens (tertiary/aromatic N) is 2. The third-order valence-electron chi connectivity index (χ3n) is 5.28. The van der Waals surface area contributed by atoms with Gasteiger partial charge in [0.25, 0.3) is 11.8 Å². The molecule has 0 radical (unpaired) electrons. The molecule has 4 amide bonds. The fourth-order valence-electron chi connectivity index (χ4n) is 3.56. The largest absolute Gasteiger partial charge is 0.332 e. The Bertz CT molecular complexity index is 1160. The number of para-hydroxylation sites is 1. The van der Waals surface area contributed by atoms with Gasteiger partial charge in [0.15, 0.2) is 5.78 Å². The molecule has 1 heterocycles. The van der Waals surface area contributed by atoms with Gasteiger partial charge in [0.2, 0.25) is 0 Å². The van der Waals surface area contributed by atoms with Crippen LogP contribution in [0, 0.1) is 0 Å². The summed E-state index contributed by atoms with van der Waals surface area (Å²) in [5.74, 6) is -1.04. The van der Waals surface area contributed by atoms with E-state index in [9.17, 15) is 19.2 Å². The molecule has 1 unspecified atom stereocenters. The third kappa shape index (κ3) is 4.13. The van der Waals surface area contributed by atoms with E-state index in [-0.39, 0.29) is 18.2 Å². The first-order valence-electron chi connectivity index (χ1n) is 10.1. The van der Waals surface area contributed by atoms with Gasteiger partial charge in [0, 0.05) is 22.5 Å². The van der Waals surface area contributed by atoms with E-state index in [1.165, 1.54) is 4.90 Å². The van der Waals surface area contributed by atoms with Crippen molar-refractivity contribution in [1.82, 2.24) is 4.90 Å². The molecule has 1 fully saturated rings. The number of imide groups is 1. The van der Waals surface area contributed by atoms with E-state index in [0.717, 1.165) is 4.90 Å². The summed E-state index contributed by atoms with van der Waals surface area (Å²) in [7, 11) is 0. The lowest BCUT2D eigenvalue weighted by Crippen LogP contribution is -2.37. The topological polar surface area (TPSA) is 86.8 Å². The quantitative estimate of drug-likeness (QED) is 0.476. The number of nitrogens with one attached hydrogen (secondary N) is 1. The summed E-state index contributed by atoms with van der Waals surface area (Å²) in [5.41, 5.74) is 2.00. The molecule has 3 aromatic rings. The highest BCUT2D eigenvalue weighted by Gasteiger charge is 2.43. The Hall–Kier alpha value is -4.26. The first-order chi connectivity index (χ1) is 15.5. The van der Waals surface area contributed by atoms with Crippen LogP contribution in [0.2, 0.25) is 0 Å². The Kier molecular flexibility index (Phi) is 5.81. The molecular formula is C25H21N3O4. The zero-order valence-electron chi connectivity index (χ0n) is 17.4. The maximum absolute atomic E-state index is 12.8. The Balaban J connectivity index is 1.43. The highest BCUT2D eigenvalue weighted by atomic mass is 16.2. The Morgan fingerprint density at radius 3 is 2.03 bits per heavy atom. The first-order valence-corrected chi connectivity index (χ1v) is 10.1. The van der Waals surface area contributed by atoms with E-state index in [4.69, 9.17) is 0 Å². The molecule has 1 atom stereocenters. The number of Topliss-reactive ketones (excluding diaryl/α,β-unsaturated/α-hetero) is 1. The van der Waals surface area contributed by atoms with Crippen LogP contribution in [0.25, 0.3) is 0 Å². The van der Waals surface area contributed by atoms with Crippen molar-refractivity contribution < 1.29 is 19.2 Å². The van der Waals surface area contributed by atoms with Gasteiger partial charge in [-0.2, -0.15) is 0 Å². The normalized spacial score (nSPS) is 15.7. The summed E-state index contributed by atoms with van der Waals surface area (Å²) >= 11 is 0. The number of carbonyl (C=O) groups excluding carboxylic acids is 4. The third-order valence-corrected chi connectivity index (χ3v) is 5.28. The number of rotatable bonds is 6. The smallest absolute Gasteiger partial charge is 0.322 e. The van der Waals surface area contributed by atoms with Crippen molar-refractivity contribution in [3.05, 3.63) is 96.1 Å². The summed E-state index contributed by atoms with van der Waals surface area (Å²) in [6.07, 6.45) is 0. The van der Waals surface area contributed by atoms with Gasteiger partial charge in [-0.05, 0) is 55.5 Å². The molecule has 4 rings (SSSR count). The summed E-state index contributed by atoms with van der Waals surface area (Å²) in [4.78, 5) is 52.8. The zero-order valence-corrected chi connectivity index (χ0v) is 17.4. The van der Waals surface area contributed by atoms with Crippen LogP contribution in [0.15, 0.2) is 84.9 Å². The lowest BCUT2D eigenvalue weighted by molar-refractivity contribution is -0.126. The summed E-state index contributed by atoms with van der Waals surface area (Å²) in [6.45, 7) is 1.29. The Morgan fingerprint density at radius 2 is 1.41 bits per heavy atom. The van der Waals surface area contributed by atoms with Crippen LogP contribution in [0.5, 0.6) is 0 Å². The van der Waals surface area contributed by atoms with Crippen LogP contribution < -0.4 is 10.2 Å². The number of anilines is 2. The van der Waals surface area contributed by atoms with Gasteiger partial charge in [-0.25, -0.2) is 4.79 Å². The van der Waals surface area contributed by atoms with Crippen molar-refractivity contribution in [2.24, 2.45) is 0 Å². The van der Waals surface area contributed by atoms with Gasteiger partial charge in [-0.15, -0.1) is 0 Å². The second-order valence-electron chi connectivity index (χ2n) is 7.41. The molecule has 1 saturated heterocycles. The second-order valence-corrected chi connectivity index (χ2v) is 7.41. The molecule has 7 nitrogen and oxygen atoms in total. The number of benzene rings is 3.